The summed E-state index contributed by atoms with van der Waals surface area (Å²) in [6.45, 7) is 6.16. The number of para-hydroxylation sites is 1. The lowest BCUT2D eigenvalue weighted by molar-refractivity contribution is -0.193. The molecular formula is C33H34F9N5O9S. The number of fused-ring (bicyclic) bond motifs is 3. The van der Waals surface area contributed by atoms with Gasteiger partial charge in [-0.25, -0.2) is 14.4 Å². The number of hydrogen-bond acceptors (Lipinski definition) is 10. The molecule has 4 heterocycles. The highest BCUT2D eigenvalue weighted by Crippen LogP contribution is 2.39. The van der Waals surface area contributed by atoms with Crippen LogP contribution in [0.5, 0.6) is 5.75 Å². The normalized spacial score (nSPS) is 13.6. The minimum atomic E-state index is -5.08. The van der Waals surface area contributed by atoms with Crippen LogP contribution >= 0.6 is 11.3 Å². The minimum Gasteiger partial charge on any atom is -0.494 e. The zero-order chi connectivity index (χ0) is 43.3. The minimum absolute atomic E-state index is 0.184. The van der Waals surface area contributed by atoms with Gasteiger partial charge in [0, 0.05) is 44.3 Å². The molecule has 24 heteroatoms. The molecule has 57 heavy (non-hydrogen) atoms. The Morgan fingerprint density at radius 2 is 1.33 bits per heavy atom. The highest BCUT2D eigenvalue weighted by molar-refractivity contribution is 7.22. The highest BCUT2D eigenvalue weighted by atomic mass is 32.1. The fraction of sp³-hybridized carbons (Fsp3) is 0.394. The molecule has 0 spiro atoms. The molecule has 3 aromatic heterocycles. The van der Waals surface area contributed by atoms with Crippen LogP contribution in [0.1, 0.15) is 21.8 Å². The summed E-state index contributed by atoms with van der Waals surface area (Å²) >= 11 is 1.32. The second kappa shape index (κ2) is 20.6. The second-order valence-electron chi connectivity index (χ2n) is 11.6. The van der Waals surface area contributed by atoms with Gasteiger partial charge in [0.2, 0.25) is 0 Å². The molecule has 1 amide bonds. The lowest BCUT2D eigenvalue weighted by atomic mass is 10.1. The molecule has 14 nitrogen and oxygen atoms in total. The van der Waals surface area contributed by atoms with Crippen LogP contribution in [0.4, 0.5) is 39.5 Å². The van der Waals surface area contributed by atoms with Crippen LogP contribution in [0.15, 0.2) is 53.5 Å². The van der Waals surface area contributed by atoms with Crippen molar-refractivity contribution in [2.45, 2.75) is 31.5 Å². The fourth-order valence-electron chi connectivity index (χ4n) is 4.76. The van der Waals surface area contributed by atoms with Gasteiger partial charge >= 0.3 is 36.4 Å². The number of aliphatic carboxylic acids is 3. The topological polar surface area (TPSA) is 192 Å². The van der Waals surface area contributed by atoms with Gasteiger partial charge in [-0.1, -0.05) is 24.3 Å². The Morgan fingerprint density at radius 3 is 1.81 bits per heavy atom. The molecule has 1 aromatic carbocycles. The van der Waals surface area contributed by atoms with E-state index in [1.54, 1.807) is 10.8 Å². The summed E-state index contributed by atoms with van der Waals surface area (Å²) in [5.41, 5.74) is 1.41. The largest absolute Gasteiger partial charge is 0.494 e. The SMILES string of the molecule is COc1c(C(=O)NCCCN2CCN(C)CC2)sc2c1c(=O)n(Cc1ccccn1)c1ccccc21.O=C(O)C(F)(F)F.O=C(O)C(F)(F)F.O=C(O)C(F)(F)F. The lowest BCUT2D eigenvalue weighted by Gasteiger charge is -2.32. The van der Waals surface area contributed by atoms with Gasteiger partial charge in [0.05, 0.1) is 29.6 Å². The molecule has 1 fully saturated rings. The lowest BCUT2D eigenvalue weighted by Crippen LogP contribution is -2.45. The maximum Gasteiger partial charge on any atom is 0.490 e. The van der Waals surface area contributed by atoms with Crippen LogP contribution in [0, 0.1) is 0 Å². The van der Waals surface area contributed by atoms with Crippen LogP contribution in [0.2, 0.25) is 0 Å². The molecule has 4 aromatic rings. The van der Waals surface area contributed by atoms with Crippen molar-refractivity contribution in [3.8, 4) is 5.75 Å². The van der Waals surface area contributed by atoms with E-state index in [9.17, 15) is 49.1 Å². The number of rotatable bonds is 8. The number of nitrogens with one attached hydrogen (secondary N) is 1. The van der Waals surface area contributed by atoms with E-state index in [0.717, 1.165) is 60.4 Å². The summed E-state index contributed by atoms with van der Waals surface area (Å²) in [5.74, 6) is -8.13. The van der Waals surface area contributed by atoms with E-state index >= 15 is 0 Å². The van der Waals surface area contributed by atoms with Gasteiger partial charge in [0.15, 0.2) is 5.75 Å². The third-order valence-electron chi connectivity index (χ3n) is 7.48. The fourth-order valence-corrected chi connectivity index (χ4v) is 5.97. The van der Waals surface area contributed by atoms with E-state index in [1.165, 1.54) is 18.4 Å². The first-order valence-corrected chi connectivity index (χ1v) is 16.8. The van der Waals surface area contributed by atoms with Crippen molar-refractivity contribution >= 4 is 56.1 Å². The summed E-state index contributed by atoms with van der Waals surface area (Å²) in [6, 6.07) is 13.4. The molecular weight excluding hydrogens is 813 g/mol. The average Bonchev–Trinajstić information content (AvgIpc) is 3.53. The first-order chi connectivity index (χ1) is 26.4. The van der Waals surface area contributed by atoms with Gasteiger partial charge in [0.1, 0.15) is 10.3 Å². The molecule has 4 N–H and O–H groups in total. The summed E-state index contributed by atoms with van der Waals surface area (Å²) in [6.07, 6.45) is -12.7. The van der Waals surface area contributed by atoms with E-state index < -0.39 is 36.4 Å². The molecule has 0 radical (unpaired) electrons. The number of alkyl halides is 9. The predicted molar refractivity (Wildman–Crippen MR) is 185 cm³/mol. The quantitative estimate of drug-likeness (QED) is 0.138. The Morgan fingerprint density at radius 1 is 0.825 bits per heavy atom. The van der Waals surface area contributed by atoms with E-state index in [-0.39, 0.29) is 11.5 Å². The number of pyridine rings is 2. The predicted octanol–water partition coefficient (Wildman–Crippen LogP) is 4.94. The van der Waals surface area contributed by atoms with Gasteiger partial charge in [-0.15, -0.1) is 11.3 Å². The number of carboxylic acid groups (broad SMARTS) is 3. The van der Waals surface area contributed by atoms with Gasteiger partial charge in [-0.3, -0.25) is 14.6 Å². The second-order valence-corrected chi connectivity index (χ2v) is 12.6. The third-order valence-corrected chi connectivity index (χ3v) is 8.68. The number of nitrogens with zero attached hydrogens (tertiary/aromatic N) is 4. The Bertz CT molecular complexity index is 1990. The molecule has 1 saturated heterocycles. The maximum absolute atomic E-state index is 13.7. The number of carbonyl (C=O) groups excluding carboxylic acids is 1. The molecule has 0 bridgehead atoms. The van der Waals surface area contributed by atoms with Crippen molar-refractivity contribution in [3.05, 3.63) is 69.6 Å². The number of piperazine rings is 1. The number of hydrogen-bond donors (Lipinski definition) is 4. The Labute approximate surface area is 319 Å². The summed E-state index contributed by atoms with van der Waals surface area (Å²) in [7, 11) is 3.66. The molecule has 1 aliphatic heterocycles. The molecule has 314 valence electrons. The maximum atomic E-state index is 13.7. The molecule has 0 unspecified atom stereocenters. The summed E-state index contributed by atoms with van der Waals surface area (Å²) in [4.78, 5) is 63.2. The Balaban J connectivity index is 0.000000438. The Hall–Kier alpha value is -5.49. The van der Waals surface area contributed by atoms with Crippen molar-refractivity contribution in [1.82, 2.24) is 24.7 Å². The van der Waals surface area contributed by atoms with Crippen LogP contribution in [0.25, 0.3) is 21.0 Å². The number of methoxy groups -OCH3 is 1. The van der Waals surface area contributed by atoms with E-state index in [0.29, 0.717) is 29.1 Å². The highest BCUT2D eigenvalue weighted by Gasteiger charge is 2.39. The smallest absolute Gasteiger partial charge is 0.490 e. The van der Waals surface area contributed by atoms with Gasteiger partial charge < -0.3 is 39.7 Å². The number of aromatic nitrogens is 2. The first-order valence-electron chi connectivity index (χ1n) is 16.0. The van der Waals surface area contributed by atoms with Crippen LogP contribution in [-0.4, -0.2) is 130 Å². The number of carbonyl (C=O) groups is 4. The van der Waals surface area contributed by atoms with Crippen LogP contribution in [0.3, 0.4) is 0 Å². The summed E-state index contributed by atoms with van der Waals surface area (Å²) in [5, 5.41) is 25.8. The zero-order valence-electron chi connectivity index (χ0n) is 29.7. The molecule has 0 saturated carbocycles. The van der Waals surface area contributed by atoms with Crippen molar-refractivity contribution < 1.29 is 78.7 Å². The van der Waals surface area contributed by atoms with Crippen LogP contribution in [-0.2, 0) is 20.9 Å². The number of ether oxygens (including phenoxy) is 1. The number of carboxylic acids is 3. The average molecular weight is 848 g/mol. The molecule has 0 aliphatic carbocycles. The number of amides is 1. The van der Waals surface area contributed by atoms with Gasteiger partial charge in [0.25, 0.3) is 11.5 Å². The van der Waals surface area contributed by atoms with E-state index in [1.807, 2.05) is 42.5 Å². The Kier molecular flexibility index (Phi) is 17.2. The molecule has 5 rings (SSSR count). The van der Waals surface area contributed by atoms with Crippen LogP contribution < -0.4 is 15.6 Å². The number of thiophene rings is 1. The summed E-state index contributed by atoms with van der Waals surface area (Å²) < 4.78 is 103. The first kappa shape index (κ1) is 47.7. The number of likely N-dealkylation sites (N-methyl/N-ethyl adjacent to an activating group) is 1. The van der Waals surface area contributed by atoms with E-state index in [2.05, 4.69) is 27.1 Å². The number of benzene rings is 1. The van der Waals surface area contributed by atoms with Crippen molar-refractivity contribution in [3.63, 3.8) is 0 Å². The van der Waals surface area contributed by atoms with E-state index in [4.69, 9.17) is 34.4 Å². The standard InChI is InChI=1S/C27H31N5O3S.3C2HF3O2/c1-30-14-16-31(17-15-30)13-7-12-29-26(33)25-23(35-2)22-24(36-25)20-9-3-4-10-21(20)32(27(22)34)18-19-8-5-6-11-28-19;3*3-2(4,5)1(6)7/h3-6,8-11H,7,12-18H2,1-2H3,(H,29,33);3*(H,6,7). The zero-order valence-corrected chi connectivity index (χ0v) is 30.5. The molecule has 1 aliphatic rings. The van der Waals surface area contributed by atoms with Gasteiger partial charge in [-0.2, -0.15) is 39.5 Å². The van der Waals surface area contributed by atoms with Crippen molar-refractivity contribution in [2.24, 2.45) is 0 Å². The molecule has 0 atom stereocenters. The third kappa shape index (κ3) is 14.5. The number of halogens is 9. The van der Waals surface area contributed by atoms with Crippen molar-refractivity contribution in [2.75, 3.05) is 53.4 Å². The monoisotopic (exact) mass is 847 g/mol. The van der Waals surface area contributed by atoms with Crippen molar-refractivity contribution in [1.29, 1.82) is 0 Å². The van der Waals surface area contributed by atoms with Gasteiger partial charge in [-0.05, 0) is 38.2 Å².